The van der Waals surface area contributed by atoms with Gasteiger partial charge in [-0.25, -0.2) is 0 Å². The summed E-state index contributed by atoms with van der Waals surface area (Å²) in [6, 6.07) is 6.03. The molecule has 5 heteroatoms. The lowest BCUT2D eigenvalue weighted by Gasteiger charge is -2.05. The molecule has 0 atom stereocenters. The van der Waals surface area contributed by atoms with Crippen LogP contribution in [0.1, 0.15) is 31.1 Å². The zero-order valence-corrected chi connectivity index (χ0v) is 12.3. The molecule has 2 rings (SSSR count). The number of benzene rings is 1. The fourth-order valence-corrected chi connectivity index (χ4v) is 2.60. The van der Waals surface area contributed by atoms with Crippen LogP contribution in [0.5, 0.6) is 0 Å². The second-order valence-corrected chi connectivity index (χ2v) is 5.99. The standard InChI is InChI=1S/C14H19N3OS/c1-9(2)7-13-16-12(17-18-13)8-19-11-6-4-5-10(3)14(11)15/h4-6,9H,7-8,15H2,1-3H3. The van der Waals surface area contributed by atoms with Gasteiger partial charge in [0.15, 0.2) is 5.82 Å². The molecule has 0 radical (unpaired) electrons. The molecular weight excluding hydrogens is 258 g/mol. The Morgan fingerprint density at radius 3 is 2.89 bits per heavy atom. The van der Waals surface area contributed by atoms with Crippen molar-refractivity contribution in [2.75, 3.05) is 5.73 Å². The molecular formula is C14H19N3OS. The highest BCUT2D eigenvalue weighted by molar-refractivity contribution is 7.98. The van der Waals surface area contributed by atoms with Crippen molar-refractivity contribution in [2.24, 2.45) is 5.92 Å². The minimum absolute atomic E-state index is 0.522. The van der Waals surface area contributed by atoms with E-state index in [1.807, 2.05) is 25.1 Å². The maximum Gasteiger partial charge on any atom is 0.226 e. The van der Waals surface area contributed by atoms with E-state index in [-0.39, 0.29) is 0 Å². The van der Waals surface area contributed by atoms with Gasteiger partial charge in [0.2, 0.25) is 5.89 Å². The lowest BCUT2D eigenvalue weighted by molar-refractivity contribution is 0.360. The molecule has 1 aromatic carbocycles. The van der Waals surface area contributed by atoms with E-state index < -0.39 is 0 Å². The van der Waals surface area contributed by atoms with Gasteiger partial charge in [0.25, 0.3) is 0 Å². The number of aryl methyl sites for hydroxylation is 1. The third kappa shape index (κ3) is 3.73. The highest BCUT2D eigenvalue weighted by Gasteiger charge is 2.09. The summed E-state index contributed by atoms with van der Waals surface area (Å²) in [4.78, 5) is 5.44. The fourth-order valence-electron chi connectivity index (χ4n) is 1.70. The molecule has 102 valence electrons. The van der Waals surface area contributed by atoms with Crippen LogP contribution in [0.2, 0.25) is 0 Å². The van der Waals surface area contributed by atoms with E-state index in [1.165, 1.54) is 0 Å². The summed E-state index contributed by atoms with van der Waals surface area (Å²) in [5.74, 6) is 2.63. The minimum atomic E-state index is 0.522. The van der Waals surface area contributed by atoms with E-state index in [2.05, 4.69) is 24.0 Å². The summed E-state index contributed by atoms with van der Waals surface area (Å²) >= 11 is 1.64. The molecule has 0 amide bonds. The predicted molar refractivity (Wildman–Crippen MR) is 78.0 cm³/mol. The minimum Gasteiger partial charge on any atom is -0.398 e. The Morgan fingerprint density at radius 1 is 1.37 bits per heavy atom. The molecule has 0 aliphatic heterocycles. The molecule has 0 aliphatic rings. The van der Waals surface area contributed by atoms with Crippen molar-refractivity contribution in [2.45, 2.75) is 37.8 Å². The Balaban J connectivity index is 1.98. The number of thioether (sulfide) groups is 1. The zero-order chi connectivity index (χ0) is 13.8. The number of nitrogens with zero attached hydrogens (tertiary/aromatic N) is 2. The Hall–Kier alpha value is -1.49. The first-order chi connectivity index (χ1) is 9.06. The van der Waals surface area contributed by atoms with Crippen LogP contribution in [0.4, 0.5) is 5.69 Å². The largest absolute Gasteiger partial charge is 0.398 e. The second kappa shape index (κ2) is 6.10. The second-order valence-electron chi connectivity index (χ2n) is 4.98. The van der Waals surface area contributed by atoms with Crippen molar-refractivity contribution >= 4 is 17.4 Å². The smallest absolute Gasteiger partial charge is 0.226 e. The van der Waals surface area contributed by atoms with Crippen LogP contribution in [0, 0.1) is 12.8 Å². The molecule has 1 heterocycles. The van der Waals surface area contributed by atoms with Crippen LogP contribution in [-0.4, -0.2) is 10.1 Å². The van der Waals surface area contributed by atoms with Gasteiger partial charge in [-0.2, -0.15) is 4.98 Å². The maximum absolute atomic E-state index is 6.03. The van der Waals surface area contributed by atoms with Crippen molar-refractivity contribution in [1.29, 1.82) is 0 Å². The Labute approximate surface area is 117 Å². The lowest BCUT2D eigenvalue weighted by atomic mass is 10.1. The van der Waals surface area contributed by atoms with Crippen LogP contribution >= 0.6 is 11.8 Å². The summed E-state index contributed by atoms with van der Waals surface area (Å²) in [6.45, 7) is 6.27. The van der Waals surface area contributed by atoms with E-state index in [0.29, 0.717) is 17.6 Å². The molecule has 2 N–H and O–H groups in total. The van der Waals surface area contributed by atoms with Gasteiger partial charge in [-0.1, -0.05) is 31.1 Å². The number of para-hydroxylation sites is 1. The van der Waals surface area contributed by atoms with Crippen molar-refractivity contribution in [3.63, 3.8) is 0 Å². The zero-order valence-electron chi connectivity index (χ0n) is 11.5. The number of rotatable bonds is 5. The van der Waals surface area contributed by atoms with E-state index in [9.17, 15) is 0 Å². The molecule has 0 aliphatic carbocycles. The number of hydrogen-bond donors (Lipinski definition) is 1. The maximum atomic E-state index is 6.03. The average Bonchev–Trinajstić information content (AvgIpc) is 2.78. The van der Waals surface area contributed by atoms with Crippen molar-refractivity contribution in [3.05, 3.63) is 35.5 Å². The van der Waals surface area contributed by atoms with Crippen LogP contribution in [0.3, 0.4) is 0 Å². The van der Waals surface area contributed by atoms with Gasteiger partial charge in [-0.3, -0.25) is 0 Å². The lowest BCUT2D eigenvalue weighted by Crippen LogP contribution is -1.95. The molecule has 2 aromatic rings. The number of aromatic nitrogens is 2. The summed E-state index contributed by atoms with van der Waals surface area (Å²) in [5.41, 5.74) is 7.96. The van der Waals surface area contributed by atoms with Gasteiger partial charge < -0.3 is 10.3 Å². The summed E-state index contributed by atoms with van der Waals surface area (Å²) < 4.78 is 5.21. The Bertz CT molecular complexity index is 551. The van der Waals surface area contributed by atoms with Crippen LogP contribution < -0.4 is 5.73 Å². The summed E-state index contributed by atoms with van der Waals surface area (Å²) in [5, 5.41) is 3.99. The van der Waals surface area contributed by atoms with Gasteiger partial charge in [0.05, 0.1) is 5.75 Å². The van der Waals surface area contributed by atoms with E-state index in [4.69, 9.17) is 10.3 Å². The molecule has 0 saturated heterocycles. The average molecular weight is 277 g/mol. The topological polar surface area (TPSA) is 64.9 Å². The monoisotopic (exact) mass is 277 g/mol. The molecule has 0 fully saturated rings. The Kier molecular flexibility index (Phi) is 4.47. The SMILES string of the molecule is Cc1cccc(SCc2noc(CC(C)C)n2)c1N. The summed E-state index contributed by atoms with van der Waals surface area (Å²) in [6.07, 6.45) is 0.824. The van der Waals surface area contributed by atoms with Gasteiger partial charge in [-0.15, -0.1) is 11.8 Å². The third-order valence-corrected chi connectivity index (χ3v) is 3.80. The first-order valence-corrected chi connectivity index (χ1v) is 7.34. The molecule has 1 aromatic heterocycles. The van der Waals surface area contributed by atoms with Crippen LogP contribution in [0.25, 0.3) is 0 Å². The van der Waals surface area contributed by atoms with Crippen molar-refractivity contribution < 1.29 is 4.52 Å². The molecule has 0 unspecified atom stereocenters. The van der Waals surface area contributed by atoms with Crippen molar-refractivity contribution in [3.8, 4) is 0 Å². The van der Waals surface area contributed by atoms with Crippen LogP contribution in [0.15, 0.2) is 27.6 Å². The van der Waals surface area contributed by atoms with Gasteiger partial charge in [-0.05, 0) is 24.5 Å². The number of anilines is 1. The molecule has 0 bridgehead atoms. The molecule has 0 saturated carbocycles. The number of nitrogen functional groups attached to an aromatic ring is 1. The summed E-state index contributed by atoms with van der Waals surface area (Å²) in [7, 11) is 0. The number of hydrogen-bond acceptors (Lipinski definition) is 5. The van der Waals surface area contributed by atoms with Gasteiger partial charge in [0, 0.05) is 17.0 Å². The highest BCUT2D eigenvalue weighted by atomic mass is 32.2. The van der Waals surface area contributed by atoms with Crippen LogP contribution in [-0.2, 0) is 12.2 Å². The predicted octanol–water partition coefficient (Wildman–Crippen LogP) is 3.45. The fraction of sp³-hybridized carbons (Fsp3) is 0.429. The van der Waals surface area contributed by atoms with E-state index in [0.717, 1.165) is 28.4 Å². The van der Waals surface area contributed by atoms with Crippen molar-refractivity contribution in [1.82, 2.24) is 10.1 Å². The first-order valence-electron chi connectivity index (χ1n) is 6.35. The van der Waals surface area contributed by atoms with E-state index >= 15 is 0 Å². The Morgan fingerprint density at radius 2 is 2.16 bits per heavy atom. The first kappa shape index (κ1) is 13.9. The highest BCUT2D eigenvalue weighted by Crippen LogP contribution is 2.29. The quantitative estimate of drug-likeness (QED) is 0.670. The number of nitrogens with two attached hydrogens (primary N) is 1. The molecule has 0 spiro atoms. The molecule has 19 heavy (non-hydrogen) atoms. The van der Waals surface area contributed by atoms with Gasteiger partial charge in [0.1, 0.15) is 0 Å². The third-order valence-electron chi connectivity index (χ3n) is 2.73. The molecule has 4 nitrogen and oxygen atoms in total. The van der Waals surface area contributed by atoms with Gasteiger partial charge >= 0.3 is 0 Å². The van der Waals surface area contributed by atoms with E-state index in [1.54, 1.807) is 11.8 Å². The normalized spacial score (nSPS) is 11.2.